The van der Waals surface area contributed by atoms with Gasteiger partial charge in [-0.3, -0.25) is 4.79 Å². The molecule has 0 aliphatic heterocycles. The number of hydrogen-bond donors (Lipinski definition) is 1. The Hall–Kier alpha value is -1.87. The maximum Gasteiger partial charge on any atom is 0.236 e. The Bertz CT molecular complexity index is 572. The van der Waals surface area contributed by atoms with Gasteiger partial charge in [0.2, 0.25) is 5.91 Å². The number of fused-ring (bicyclic) bond motifs is 1. The van der Waals surface area contributed by atoms with Crippen molar-refractivity contribution in [3.8, 4) is 0 Å². The first-order chi connectivity index (χ1) is 9.09. The highest BCUT2D eigenvalue weighted by Crippen LogP contribution is 2.23. The lowest BCUT2D eigenvalue weighted by atomic mass is 10.00. The third-order valence-electron chi connectivity index (χ3n) is 3.35. The van der Waals surface area contributed by atoms with Crippen LogP contribution in [0.5, 0.6) is 0 Å². The first kappa shape index (κ1) is 13.6. The van der Waals surface area contributed by atoms with Crippen molar-refractivity contribution in [2.24, 2.45) is 0 Å². The predicted molar refractivity (Wildman–Crippen MR) is 79.1 cm³/mol. The van der Waals surface area contributed by atoms with Crippen molar-refractivity contribution in [1.82, 2.24) is 10.2 Å². The predicted octanol–water partition coefficient (Wildman–Crippen LogP) is 2.58. The Morgan fingerprint density at radius 3 is 2.58 bits per heavy atom. The van der Waals surface area contributed by atoms with Gasteiger partial charge < -0.3 is 10.2 Å². The monoisotopic (exact) mass is 256 g/mol. The molecule has 3 heteroatoms. The summed E-state index contributed by atoms with van der Waals surface area (Å²) >= 11 is 0. The molecular weight excluding hydrogens is 236 g/mol. The summed E-state index contributed by atoms with van der Waals surface area (Å²) in [5.41, 5.74) is 1.23. The Morgan fingerprint density at radius 1 is 1.16 bits per heavy atom. The van der Waals surface area contributed by atoms with E-state index in [9.17, 15) is 4.79 Å². The number of likely N-dealkylation sites (N-methyl/N-ethyl adjacent to an activating group) is 1. The van der Waals surface area contributed by atoms with Crippen LogP contribution in [0.1, 0.15) is 18.5 Å². The third kappa shape index (κ3) is 3.12. The van der Waals surface area contributed by atoms with Gasteiger partial charge in [-0.1, -0.05) is 42.5 Å². The Balaban J connectivity index is 2.17. The summed E-state index contributed by atoms with van der Waals surface area (Å²) < 4.78 is 0. The SMILES string of the molecule is CC(NCC(=O)N(C)C)c1cccc2ccccc12. The second-order valence-corrected chi connectivity index (χ2v) is 4.96. The fourth-order valence-corrected chi connectivity index (χ4v) is 2.14. The van der Waals surface area contributed by atoms with Crippen LogP contribution >= 0.6 is 0 Å². The molecule has 0 fully saturated rings. The maximum absolute atomic E-state index is 11.6. The van der Waals surface area contributed by atoms with Gasteiger partial charge in [0.05, 0.1) is 6.54 Å². The summed E-state index contributed by atoms with van der Waals surface area (Å²) in [6.45, 7) is 2.45. The van der Waals surface area contributed by atoms with E-state index in [2.05, 4.69) is 42.6 Å². The molecular formula is C16H20N2O. The highest BCUT2D eigenvalue weighted by molar-refractivity contribution is 5.86. The van der Waals surface area contributed by atoms with Gasteiger partial charge in [-0.15, -0.1) is 0 Å². The number of carbonyl (C=O) groups is 1. The largest absolute Gasteiger partial charge is 0.348 e. The Morgan fingerprint density at radius 2 is 1.84 bits per heavy atom. The molecule has 1 amide bonds. The molecule has 1 atom stereocenters. The standard InChI is InChI=1S/C16H20N2O/c1-12(17-11-16(19)18(2)3)14-10-6-8-13-7-4-5-9-15(13)14/h4-10,12,17H,11H2,1-3H3. The van der Waals surface area contributed by atoms with Crippen LogP contribution in [0.2, 0.25) is 0 Å². The highest BCUT2D eigenvalue weighted by Gasteiger charge is 2.11. The number of hydrogen-bond acceptors (Lipinski definition) is 2. The van der Waals surface area contributed by atoms with Gasteiger partial charge in [-0.25, -0.2) is 0 Å². The number of carbonyl (C=O) groups excluding carboxylic acids is 1. The number of rotatable bonds is 4. The summed E-state index contributed by atoms with van der Waals surface area (Å²) in [6.07, 6.45) is 0. The zero-order chi connectivity index (χ0) is 13.8. The molecule has 2 rings (SSSR count). The molecule has 19 heavy (non-hydrogen) atoms. The van der Waals surface area contributed by atoms with E-state index >= 15 is 0 Å². The summed E-state index contributed by atoms with van der Waals surface area (Å²) in [4.78, 5) is 13.2. The second-order valence-electron chi connectivity index (χ2n) is 4.96. The van der Waals surface area contributed by atoms with Gasteiger partial charge in [0.15, 0.2) is 0 Å². The van der Waals surface area contributed by atoms with E-state index in [1.807, 2.05) is 12.1 Å². The van der Waals surface area contributed by atoms with Crippen molar-refractivity contribution in [3.63, 3.8) is 0 Å². The molecule has 3 nitrogen and oxygen atoms in total. The van der Waals surface area contributed by atoms with Crippen LogP contribution < -0.4 is 5.32 Å². The molecule has 1 unspecified atom stereocenters. The fourth-order valence-electron chi connectivity index (χ4n) is 2.14. The van der Waals surface area contributed by atoms with Crippen LogP contribution in [0.4, 0.5) is 0 Å². The van der Waals surface area contributed by atoms with Crippen LogP contribution in [0.3, 0.4) is 0 Å². The van der Waals surface area contributed by atoms with E-state index < -0.39 is 0 Å². The zero-order valence-electron chi connectivity index (χ0n) is 11.7. The van der Waals surface area contributed by atoms with Crippen LogP contribution in [0, 0.1) is 0 Å². The molecule has 2 aromatic rings. The van der Waals surface area contributed by atoms with Crippen LogP contribution in [-0.4, -0.2) is 31.4 Å². The van der Waals surface area contributed by atoms with Crippen LogP contribution in [0.25, 0.3) is 10.8 Å². The van der Waals surface area contributed by atoms with Gasteiger partial charge in [0.1, 0.15) is 0 Å². The first-order valence-electron chi connectivity index (χ1n) is 6.51. The summed E-state index contributed by atoms with van der Waals surface area (Å²) in [6, 6.07) is 14.7. The van der Waals surface area contributed by atoms with Gasteiger partial charge in [0, 0.05) is 20.1 Å². The van der Waals surface area contributed by atoms with Crippen molar-refractivity contribution >= 4 is 16.7 Å². The topological polar surface area (TPSA) is 32.3 Å². The number of nitrogens with zero attached hydrogens (tertiary/aromatic N) is 1. The molecule has 0 saturated carbocycles. The van der Waals surface area contributed by atoms with E-state index in [1.54, 1.807) is 19.0 Å². The lowest BCUT2D eigenvalue weighted by Gasteiger charge is -2.18. The minimum atomic E-state index is 0.0899. The van der Waals surface area contributed by atoms with Crippen molar-refractivity contribution in [1.29, 1.82) is 0 Å². The lowest BCUT2D eigenvalue weighted by molar-refractivity contribution is -0.127. The molecule has 0 spiro atoms. The number of amides is 1. The van der Waals surface area contributed by atoms with Crippen molar-refractivity contribution in [2.45, 2.75) is 13.0 Å². The first-order valence-corrected chi connectivity index (χ1v) is 6.51. The number of benzene rings is 2. The highest BCUT2D eigenvalue weighted by atomic mass is 16.2. The van der Waals surface area contributed by atoms with E-state index in [1.165, 1.54) is 16.3 Å². The molecule has 0 aromatic heterocycles. The number of nitrogens with one attached hydrogen (secondary N) is 1. The van der Waals surface area contributed by atoms with Gasteiger partial charge >= 0.3 is 0 Å². The minimum Gasteiger partial charge on any atom is -0.348 e. The molecule has 1 N–H and O–H groups in total. The quantitative estimate of drug-likeness (QED) is 0.912. The molecule has 0 saturated heterocycles. The summed E-state index contributed by atoms with van der Waals surface area (Å²) in [7, 11) is 3.54. The molecule has 0 aliphatic rings. The fraction of sp³-hybridized carbons (Fsp3) is 0.312. The lowest BCUT2D eigenvalue weighted by Crippen LogP contribution is -2.34. The minimum absolute atomic E-state index is 0.0899. The molecule has 0 bridgehead atoms. The maximum atomic E-state index is 11.6. The molecule has 0 aliphatic carbocycles. The smallest absolute Gasteiger partial charge is 0.236 e. The molecule has 2 aromatic carbocycles. The summed E-state index contributed by atoms with van der Waals surface area (Å²) in [5.74, 6) is 0.0899. The average molecular weight is 256 g/mol. The summed E-state index contributed by atoms with van der Waals surface area (Å²) in [5, 5.41) is 5.75. The van der Waals surface area contributed by atoms with Crippen molar-refractivity contribution < 1.29 is 4.79 Å². The average Bonchev–Trinajstić information content (AvgIpc) is 2.43. The van der Waals surface area contributed by atoms with Crippen molar-refractivity contribution in [3.05, 3.63) is 48.0 Å². The normalized spacial score (nSPS) is 12.4. The molecule has 0 radical (unpaired) electrons. The van der Waals surface area contributed by atoms with E-state index in [0.29, 0.717) is 6.54 Å². The van der Waals surface area contributed by atoms with Crippen LogP contribution in [-0.2, 0) is 4.79 Å². The molecule has 0 heterocycles. The van der Waals surface area contributed by atoms with Gasteiger partial charge in [0.25, 0.3) is 0 Å². The zero-order valence-corrected chi connectivity index (χ0v) is 11.7. The van der Waals surface area contributed by atoms with Crippen molar-refractivity contribution in [2.75, 3.05) is 20.6 Å². The Labute approximate surface area is 114 Å². The van der Waals surface area contributed by atoms with E-state index in [4.69, 9.17) is 0 Å². The van der Waals surface area contributed by atoms with Crippen LogP contribution in [0.15, 0.2) is 42.5 Å². The molecule has 100 valence electrons. The van der Waals surface area contributed by atoms with E-state index in [0.717, 1.165) is 0 Å². The third-order valence-corrected chi connectivity index (χ3v) is 3.35. The van der Waals surface area contributed by atoms with E-state index in [-0.39, 0.29) is 11.9 Å². The Kier molecular flexibility index (Phi) is 4.17. The second kappa shape index (κ2) is 5.85. The van der Waals surface area contributed by atoms with Gasteiger partial charge in [-0.05, 0) is 23.3 Å². The van der Waals surface area contributed by atoms with Gasteiger partial charge in [-0.2, -0.15) is 0 Å².